The van der Waals surface area contributed by atoms with Crippen LogP contribution in [0.5, 0.6) is 0 Å². The summed E-state index contributed by atoms with van der Waals surface area (Å²) >= 11 is 0. The van der Waals surface area contributed by atoms with E-state index in [1.807, 2.05) is 6.08 Å². The lowest BCUT2D eigenvalue weighted by molar-refractivity contribution is -0.123. The zero-order valence-electron chi connectivity index (χ0n) is 40.5. The van der Waals surface area contributed by atoms with Crippen LogP contribution in [0.3, 0.4) is 0 Å². The van der Waals surface area contributed by atoms with Gasteiger partial charge in [0.2, 0.25) is 5.91 Å². The smallest absolute Gasteiger partial charge is 0.220 e. The molecule has 0 heterocycles. The van der Waals surface area contributed by atoms with Crippen LogP contribution in [0.1, 0.15) is 168 Å². The molecule has 1 amide bonds. The second-order valence-corrected chi connectivity index (χ2v) is 15.8. The van der Waals surface area contributed by atoms with Crippen molar-refractivity contribution in [3.05, 3.63) is 182 Å². The maximum atomic E-state index is 12.4. The summed E-state index contributed by atoms with van der Waals surface area (Å²) in [6.45, 7) is 4.06. The molecule has 0 saturated heterocycles. The van der Waals surface area contributed by atoms with E-state index in [1.54, 1.807) is 6.08 Å². The molecular formula is C60H91NO3. The van der Waals surface area contributed by atoms with E-state index >= 15 is 0 Å². The van der Waals surface area contributed by atoms with Gasteiger partial charge in [-0.05, 0) is 128 Å². The third kappa shape index (κ3) is 48.5. The van der Waals surface area contributed by atoms with Crippen LogP contribution in [0.25, 0.3) is 0 Å². The Morgan fingerprint density at radius 3 is 1.06 bits per heavy atom. The zero-order valence-corrected chi connectivity index (χ0v) is 40.5. The summed E-state index contributed by atoms with van der Waals surface area (Å²) in [5, 5.41) is 22.9. The first kappa shape index (κ1) is 59.5. The first-order chi connectivity index (χ1) is 31.7. The number of hydrogen-bond acceptors (Lipinski definition) is 3. The van der Waals surface area contributed by atoms with Crippen LogP contribution in [-0.4, -0.2) is 34.9 Å². The number of amides is 1. The fourth-order valence-electron chi connectivity index (χ4n) is 6.08. The van der Waals surface area contributed by atoms with E-state index in [9.17, 15) is 15.0 Å². The molecule has 0 aliphatic heterocycles. The SMILES string of the molecule is CC/C=C\C/C=C\C/C=C\C/C=C\C/C=C\C/C=C\C/C=C\C/C=C\C/C=C\C/C=C\C/C=C\C/C=C\CCCCCCC(=O)NC(CO)C(O)/C=C/CC/C=C/CC/C=C/CCC. The van der Waals surface area contributed by atoms with Gasteiger partial charge in [0.05, 0.1) is 18.8 Å². The van der Waals surface area contributed by atoms with E-state index in [1.165, 1.54) is 6.42 Å². The van der Waals surface area contributed by atoms with Gasteiger partial charge in [-0.25, -0.2) is 0 Å². The summed E-state index contributed by atoms with van der Waals surface area (Å²) in [5.41, 5.74) is 0. The largest absolute Gasteiger partial charge is 0.394 e. The summed E-state index contributed by atoms with van der Waals surface area (Å²) in [5.74, 6) is -0.114. The average Bonchev–Trinajstić information content (AvgIpc) is 3.30. The monoisotopic (exact) mass is 874 g/mol. The molecule has 0 bridgehead atoms. The second-order valence-electron chi connectivity index (χ2n) is 15.8. The van der Waals surface area contributed by atoms with Crippen molar-refractivity contribution in [2.75, 3.05) is 6.61 Å². The molecule has 0 aromatic carbocycles. The number of carbonyl (C=O) groups excluding carboxylic acids is 1. The Morgan fingerprint density at radius 2 is 0.703 bits per heavy atom. The van der Waals surface area contributed by atoms with Gasteiger partial charge in [0.15, 0.2) is 0 Å². The Kier molecular flexibility index (Phi) is 49.1. The number of unbranched alkanes of at least 4 members (excludes halogenated alkanes) is 7. The van der Waals surface area contributed by atoms with Crippen molar-refractivity contribution >= 4 is 5.91 Å². The Hall–Kier alpha value is -4.51. The number of nitrogens with one attached hydrogen (secondary N) is 1. The maximum absolute atomic E-state index is 12.4. The van der Waals surface area contributed by atoms with Crippen LogP contribution in [-0.2, 0) is 4.79 Å². The van der Waals surface area contributed by atoms with Crippen LogP contribution < -0.4 is 5.32 Å². The van der Waals surface area contributed by atoms with Gasteiger partial charge in [-0.15, -0.1) is 0 Å². The minimum atomic E-state index is -0.893. The van der Waals surface area contributed by atoms with Gasteiger partial charge in [-0.2, -0.15) is 0 Å². The van der Waals surface area contributed by atoms with E-state index in [2.05, 4.69) is 189 Å². The molecule has 0 aromatic rings. The summed E-state index contributed by atoms with van der Waals surface area (Å²) in [6, 6.07) is -0.671. The third-order valence-corrected chi connectivity index (χ3v) is 9.83. The third-order valence-electron chi connectivity index (χ3n) is 9.83. The number of aliphatic hydroxyl groups excluding tert-OH is 2. The van der Waals surface area contributed by atoms with Crippen LogP contribution in [0.15, 0.2) is 182 Å². The van der Waals surface area contributed by atoms with Crippen molar-refractivity contribution in [2.45, 2.75) is 180 Å². The lowest BCUT2D eigenvalue weighted by Gasteiger charge is -2.19. The summed E-state index contributed by atoms with van der Waals surface area (Å²) in [6.07, 6.45) is 88.8. The number of carbonyl (C=O) groups is 1. The van der Waals surface area contributed by atoms with E-state index in [0.29, 0.717) is 6.42 Å². The van der Waals surface area contributed by atoms with Gasteiger partial charge in [-0.3, -0.25) is 4.79 Å². The molecule has 2 atom stereocenters. The summed E-state index contributed by atoms with van der Waals surface area (Å²) < 4.78 is 0. The molecule has 0 saturated carbocycles. The zero-order chi connectivity index (χ0) is 46.3. The van der Waals surface area contributed by atoms with E-state index in [0.717, 1.165) is 141 Å². The highest BCUT2D eigenvalue weighted by atomic mass is 16.3. The molecule has 0 aliphatic carbocycles. The highest BCUT2D eigenvalue weighted by Crippen LogP contribution is 2.08. The fourth-order valence-corrected chi connectivity index (χ4v) is 6.08. The molecular weight excluding hydrogens is 783 g/mol. The molecule has 354 valence electrons. The minimum absolute atomic E-state index is 0.114. The predicted molar refractivity (Wildman–Crippen MR) is 284 cm³/mol. The lowest BCUT2D eigenvalue weighted by Crippen LogP contribution is -2.45. The van der Waals surface area contributed by atoms with Crippen molar-refractivity contribution in [3.8, 4) is 0 Å². The number of rotatable bonds is 42. The van der Waals surface area contributed by atoms with E-state index < -0.39 is 12.1 Å². The standard InChI is InChI=1S/C60H91NO3/c1-3-5-7-9-11-13-15-16-17-18-19-20-21-22-23-24-25-26-27-28-29-30-31-32-33-34-35-36-37-38-39-40-41-42-43-44-46-48-50-52-54-56-60(64)61-58(57-62)59(63)55-53-51-49-47-45-14-12-10-8-6-4-2/h5,7-8,10-11,13,16-17,19-20,22-23,25-26,28-29,31-32,34-35,37-38,40-41,43-45,47,53,55,58-59,62-63H,3-4,6,9,12,14-15,18,21,24,27,30,33,36,39,42,46,48-52,54,56-57H2,1-2H3,(H,61,64)/b7-5-,10-8+,13-11-,17-16-,20-19-,23-22-,26-25-,29-28-,32-31-,35-34-,38-37-,41-40-,44-43-,47-45+,55-53+. The van der Waals surface area contributed by atoms with Gasteiger partial charge in [0.1, 0.15) is 0 Å². The number of allylic oxidation sites excluding steroid dienone is 29. The van der Waals surface area contributed by atoms with Crippen molar-refractivity contribution in [1.29, 1.82) is 0 Å². The molecule has 0 radical (unpaired) electrons. The molecule has 64 heavy (non-hydrogen) atoms. The van der Waals surface area contributed by atoms with Crippen molar-refractivity contribution in [1.82, 2.24) is 5.32 Å². The van der Waals surface area contributed by atoms with Crippen molar-refractivity contribution < 1.29 is 15.0 Å². The molecule has 2 unspecified atom stereocenters. The number of aliphatic hydroxyl groups is 2. The predicted octanol–water partition coefficient (Wildman–Crippen LogP) is 16.6. The molecule has 4 nitrogen and oxygen atoms in total. The molecule has 0 spiro atoms. The molecule has 3 N–H and O–H groups in total. The quantitative estimate of drug-likeness (QED) is 0.0423. The summed E-state index contributed by atoms with van der Waals surface area (Å²) in [4.78, 5) is 12.4. The van der Waals surface area contributed by atoms with Crippen molar-refractivity contribution in [2.24, 2.45) is 0 Å². The van der Waals surface area contributed by atoms with Gasteiger partial charge >= 0.3 is 0 Å². The minimum Gasteiger partial charge on any atom is -0.394 e. The Balaban J connectivity index is 3.75. The topological polar surface area (TPSA) is 69.6 Å². The van der Waals surface area contributed by atoms with Crippen LogP contribution >= 0.6 is 0 Å². The number of hydrogen-bond donors (Lipinski definition) is 3. The molecule has 0 rings (SSSR count). The van der Waals surface area contributed by atoms with E-state index in [4.69, 9.17) is 0 Å². The molecule has 4 heteroatoms. The Bertz CT molecular complexity index is 1500. The Morgan fingerprint density at radius 1 is 0.391 bits per heavy atom. The van der Waals surface area contributed by atoms with Gasteiger partial charge in [0, 0.05) is 6.42 Å². The molecule has 0 aromatic heterocycles. The Labute approximate surface area is 393 Å². The first-order valence-electron chi connectivity index (χ1n) is 25.0. The first-order valence-corrected chi connectivity index (χ1v) is 25.0. The van der Waals surface area contributed by atoms with E-state index in [-0.39, 0.29) is 12.5 Å². The van der Waals surface area contributed by atoms with Crippen LogP contribution in [0.2, 0.25) is 0 Å². The van der Waals surface area contributed by atoms with Crippen molar-refractivity contribution in [3.63, 3.8) is 0 Å². The summed E-state index contributed by atoms with van der Waals surface area (Å²) in [7, 11) is 0. The van der Waals surface area contributed by atoms with Crippen LogP contribution in [0.4, 0.5) is 0 Å². The second kappa shape index (κ2) is 52.8. The van der Waals surface area contributed by atoms with Gasteiger partial charge in [0.25, 0.3) is 0 Å². The lowest BCUT2D eigenvalue weighted by atomic mass is 10.1. The average molecular weight is 874 g/mol. The van der Waals surface area contributed by atoms with Gasteiger partial charge < -0.3 is 15.5 Å². The fraction of sp³-hybridized carbons (Fsp3) is 0.483. The van der Waals surface area contributed by atoms with Crippen LogP contribution in [0, 0.1) is 0 Å². The van der Waals surface area contributed by atoms with Gasteiger partial charge in [-0.1, -0.05) is 215 Å². The maximum Gasteiger partial charge on any atom is 0.220 e. The molecule has 0 fully saturated rings. The normalized spacial score (nSPS) is 14.5. The highest BCUT2D eigenvalue weighted by Gasteiger charge is 2.17. The highest BCUT2D eigenvalue weighted by molar-refractivity contribution is 5.76. The molecule has 0 aliphatic rings.